The molecule has 2 fully saturated rings. The van der Waals surface area contributed by atoms with Crippen LogP contribution in [0.4, 0.5) is 10.1 Å². The number of sulfonamides is 1. The molecule has 1 aliphatic carbocycles. The van der Waals surface area contributed by atoms with Crippen molar-refractivity contribution in [2.75, 3.05) is 25.5 Å². The van der Waals surface area contributed by atoms with Crippen molar-refractivity contribution in [2.24, 2.45) is 0 Å². The van der Waals surface area contributed by atoms with Gasteiger partial charge in [-0.1, -0.05) is 24.4 Å². The van der Waals surface area contributed by atoms with Crippen LogP contribution in [0.2, 0.25) is 4.34 Å². The number of nitrogens with zero attached hydrogens (tertiary/aromatic N) is 3. The number of rotatable bonds is 7. The Morgan fingerprint density at radius 1 is 1.17 bits per heavy atom. The zero-order valence-electron chi connectivity index (χ0n) is 20.4. The number of carbonyl (C=O) groups excluding carboxylic acids is 2. The fourth-order valence-electron chi connectivity index (χ4n) is 4.92. The molecule has 1 saturated heterocycles. The van der Waals surface area contributed by atoms with E-state index >= 15 is 4.39 Å². The monoisotopic (exact) mass is 553 g/mol. The Labute approximate surface area is 220 Å². The average Bonchev–Trinajstić information content (AvgIpc) is 3.56. The van der Waals surface area contributed by atoms with Gasteiger partial charge in [-0.05, 0) is 62.1 Å². The molecule has 2 aliphatic rings. The summed E-state index contributed by atoms with van der Waals surface area (Å²) in [6.07, 6.45) is 3.39. The van der Waals surface area contributed by atoms with Gasteiger partial charge in [0.1, 0.15) is 11.9 Å². The maximum atomic E-state index is 15.0. The van der Waals surface area contributed by atoms with Crippen molar-refractivity contribution in [1.82, 2.24) is 9.21 Å². The van der Waals surface area contributed by atoms with E-state index in [1.54, 1.807) is 33.2 Å². The van der Waals surface area contributed by atoms with Crippen LogP contribution in [0.5, 0.6) is 0 Å². The number of anilines is 1. The lowest BCUT2D eigenvalue weighted by atomic mass is 10.1. The van der Waals surface area contributed by atoms with E-state index in [2.05, 4.69) is 0 Å². The second-order valence-corrected chi connectivity index (χ2v) is 12.8. The van der Waals surface area contributed by atoms with Crippen LogP contribution in [0, 0.1) is 5.82 Å². The van der Waals surface area contributed by atoms with Gasteiger partial charge in [-0.2, -0.15) is 4.31 Å². The van der Waals surface area contributed by atoms with E-state index in [1.165, 1.54) is 43.0 Å². The summed E-state index contributed by atoms with van der Waals surface area (Å²) in [4.78, 5) is 29.1. The zero-order chi connectivity index (χ0) is 26.2. The second kappa shape index (κ2) is 10.6. The van der Waals surface area contributed by atoms with Crippen molar-refractivity contribution in [2.45, 2.75) is 51.1 Å². The maximum Gasteiger partial charge on any atom is 0.253 e. The first-order chi connectivity index (χ1) is 17.0. The highest BCUT2D eigenvalue weighted by atomic mass is 35.5. The minimum atomic E-state index is -3.96. The quantitative estimate of drug-likeness (QED) is 0.484. The number of halogens is 2. The largest absolute Gasteiger partial charge is 0.345 e. The topological polar surface area (TPSA) is 78.0 Å². The second-order valence-electron chi connectivity index (χ2n) is 9.38. The molecular formula is C25H29ClFN3O4S2. The molecule has 1 aliphatic heterocycles. The van der Waals surface area contributed by atoms with Crippen LogP contribution in [-0.2, 0) is 14.8 Å². The lowest BCUT2D eigenvalue weighted by molar-refractivity contribution is -0.120. The zero-order valence-corrected chi connectivity index (χ0v) is 22.8. The van der Waals surface area contributed by atoms with E-state index in [9.17, 15) is 18.0 Å². The molecular weight excluding hydrogens is 525 g/mol. The van der Waals surface area contributed by atoms with Crippen LogP contribution in [0.3, 0.4) is 0 Å². The lowest BCUT2D eigenvalue weighted by Crippen LogP contribution is -2.49. The maximum absolute atomic E-state index is 15.0. The Hall–Kier alpha value is -2.27. The summed E-state index contributed by atoms with van der Waals surface area (Å²) in [6.45, 7) is 1.89. The smallest absolute Gasteiger partial charge is 0.253 e. The Morgan fingerprint density at radius 3 is 2.44 bits per heavy atom. The third-order valence-electron chi connectivity index (χ3n) is 6.64. The summed E-state index contributed by atoms with van der Waals surface area (Å²) in [7, 11) is -0.813. The number of hydrogen-bond donors (Lipinski definition) is 0. The number of carbonyl (C=O) groups is 2. The van der Waals surface area contributed by atoms with E-state index in [0.717, 1.165) is 23.8 Å². The van der Waals surface area contributed by atoms with Crippen LogP contribution in [0.25, 0.3) is 5.57 Å². The normalized spacial score (nSPS) is 19.5. The van der Waals surface area contributed by atoms with Gasteiger partial charge in [-0.15, -0.1) is 11.3 Å². The molecule has 1 atom stereocenters. The van der Waals surface area contributed by atoms with Gasteiger partial charge in [-0.25, -0.2) is 12.8 Å². The van der Waals surface area contributed by atoms with Crippen molar-refractivity contribution in [3.05, 3.63) is 56.3 Å². The van der Waals surface area contributed by atoms with Crippen molar-refractivity contribution in [3.8, 4) is 0 Å². The Balaban J connectivity index is 1.64. The van der Waals surface area contributed by atoms with Crippen LogP contribution >= 0.6 is 22.9 Å². The highest BCUT2D eigenvalue weighted by Gasteiger charge is 2.45. The molecule has 2 aromatic rings. The van der Waals surface area contributed by atoms with Crippen molar-refractivity contribution in [3.63, 3.8) is 0 Å². The van der Waals surface area contributed by atoms with Crippen molar-refractivity contribution >= 4 is 56.0 Å². The molecule has 194 valence electrons. The molecule has 36 heavy (non-hydrogen) atoms. The fraction of sp³-hybridized carbons (Fsp3) is 0.440. The van der Waals surface area contributed by atoms with Crippen molar-refractivity contribution < 1.29 is 22.4 Å². The first-order valence-electron chi connectivity index (χ1n) is 11.8. The van der Waals surface area contributed by atoms with Gasteiger partial charge in [0.05, 0.1) is 15.4 Å². The summed E-state index contributed by atoms with van der Waals surface area (Å²) >= 11 is 7.31. The van der Waals surface area contributed by atoms with E-state index in [0.29, 0.717) is 22.8 Å². The molecule has 0 N–H and O–H groups in total. The highest BCUT2D eigenvalue weighted by Crippen LogP contribution is 2.36. The van der Waals surface area contributed by atoms with Crippen LogP contribution in [-0.4, -0.2) is 62.2 Å². The van der Waals surface area contributed by atoms with Gasteiger partial charge in [0.2, 0.25) is 15.9 Å². The summed E-state index contributed by atoms with van der Waals surface area (Å²) in [5.41, 5.74) is 0.764. The van der Waals surface area contributed by atoms with Crippen LogP contribution in [0.15, 0.2) is 35.7 Å². The molecule has 1 aromatic heterocycles. The predicted molar refractivity (Wildman–Crippen MR) is 141 cm³/mol. The lowest BCUT2D eigenvalue weighted by Gasteiger charge is -2.31. The van der Waals surface area contributed by atoms with E-state index in [4.69, 9.17) is 11.6 Å². The molecule has 0 bridgehead atoms. The first-order valence-corrected chi connectivity index (χ1v) is 14.5. The van der Waals surface area contributed by atoms with E-state index in [-0.39, 0.29) is 36.2 Å². The van der Waals surface area contributed by atoms with Crippen molar-refractivity contribution in [1.29, 1.82) is 0 Å². The molecule has 4 rings (SSSR count). The molecule has 1 saturated carbocycles. The minimum Gasteiger partial charge on any atom is -0.345 e. The molecule has 2 heterocycles. The summed E-state index contributed by atoms with van der Waals surface area (Å²) in [5, 5.41) is 1.21. The first kappa shape index (κ1) is 26.8. The summed E-state index contributed by atoms with van der Waals surface area (Å²) in [6, 6.07) is 6.27. The summed E-state index contributed by atoms with van der Waals surface area (Å²) < 4.78 is 44.3. The number of benzene rings is 1. The molecule has 0 radical (unpaired) electrons. The average molecular weight is 554 g/mol. The number of amides is 2. The Kier molecular flexibility index (Phi) is 7.89. The van der Waals surface area contributed by atoms with Gasteiger partial charge >= 0.3 is 0 Å². The minimum absolute atomic E-state index is 0.0431. The van der Waals surface area contributed by atoms with Crippen LogP contribution < -0.4 is 4.90 Å². The molecule has 0 unspecified atom stereocenters. The predicted octanol–water partition coefficient (Wildman–Crippen LogP) is 4.98. The third kappa shape index (κ3) is 5.37. The number of allylic oxidation sites excluding steroid dienone is 1. The highest BCUT2D eigenvalue weighted by molar-refractivity contribution is 7.92. The third-order valence-corrected chi connectivity index (χ3v) is 9.80. The van der Waals surface area contributed by atoms with Crippen LogP contribution in [0.1, 0.15) is 54.3 Å². The number of hydrogen-bond acceptors (Lipinski definition) is 5. The summed E-state index contributed by atoms with van der Waals surface area (Å²) in [5.74, 6) is -1.50. The SMILES string of the molecule is C/C(=C/S(=O)(=O)N(C1CCCC1)[C@H]1CCN(c2ccc(C(=O)N(C)C)cc2F)C1=O)c1ccc(Cl)s1. The van der Waals surface area contributed by atoms with E-state index < -0.39 is 27.8 Å². The Bertz CT molecular complexity index is 1300. The molecule has 2 amide bonds. The standard InChI is InChI=1S/C25H29ClFN3O4S2/c1-16(22-10-11-23(26)35-22)15-36(33,34)30(18-6-4-5-7-18)21-12-13-29(25(21)32)20-9-8-17(14-19(20)27)24(31)28(2)3/h8-11,14-15,18,21H,4-7,12-13H2,1-3H3/b16-15-/t21-/m0/s1. The molecule has 1 aromatic carbocycles. The molecule has 11 heteroatoms. The van der Waals surface area contributed by atoms with E-state index in [1.807, 2.05) is 0 Å². The van der Waals surface area contributed by atoms with Gasteiger partial charge in [0, 0.05) is 37.1 Å². The fourth-order valence-corrected chi connectivity index (χ4v) is 7.89. The van der Waals surface area contributed by atoms with Gasteiger partial charge < -0.3 is 9.80 Å². The van der Waals surface area contributed by atoms with Gasteiger partial charge in [0.25, 0.3) is 5.91 Å². The Morgan fingerprint density at radius 2 is 1.86 bits per heavy atom. The molecule has 0 spiro atoms. The van der Waals surface area contributed by atoms with Gasteiger partial charge in [-0.3, -0.25) is 9.59 Å². The molecule has 7 nitrogen and oxygen atoms in total. The number of thiophene rings is 1. The van der Waals surface area contributed by atoms with Gasteiger partial charge in [0.15, 0.2) is 0 Å².